The second kappa shape index (κ2) is 8.26. The van der Waals surface area contributed by atoms with Crippen molar-refractivity contribution in [2.45, 2.75) is 39.9 Å². The molecule has 4 aromatic rings. The van der Waals surface area contributed by atoms with Crippen LogP contribution in [0, 0.1) is 25.5 Å². The summed E-state index contributed by atoms with van der Waals surface area (Å²) in [6.07, 6.45) is 3.92. The fourth-order valence-electron chi connectivity index (χ4n) is 4.98. The second-order valence-corrected chi connectivity index (χ2v) is 9.05. The highest BCUT2D eigenvalue weighted by Crippen LogP contribution is 2.27. The highest BCUT2D eigenvalue weighted by molar-refractivity contribution is 5.50. The largest absolute Gasteiger partial charge is 0.338 e. The Hall–Kier alpha value is -3.60. The Kier molecular flexibility index (Phi) is 5.17. The Bertz CT molecular complexity index is 1510. The van der Waals surface area contributed by atoms with E-state index in [1.165, 1.54) is 9.13 Å². The van der Waals surface area contributed by atoms with Crippen molar-refractivity contribution < 1.29 is 8.78 Å². The zero-order valence-electron chi connectivity index (χ0n) is 19.5. The van der Waals surface area contributed by atoms with Gasteiger partial charge in [0, 0.05) is 56.1 Å². The van der Waals surface area contributed by atoms with Gasteiger partial charge in [0.25, 0.3) is 0 Å². The number of imidazole rings is 1. The van der Waals surface area contributed by atoms with Gasteiger partial charge in [-0.3, -0.25) is 20.0 Å². The molecule has 3 N–H and O–H groups in total. The molecule has 180 valence electrons. The molecule has 0 spiro atoms. The maximum absolute atomic E-state index is 15.4. The molecular formula is C25H25F2N7O. The molecule has 0 aliphatic carbocycles. The molecule has 0 saturated carbocycles. The third-order valence-corrected chi connectivity index (χ3v) is 6.80. The Morgan fingerprint density at radius 2 is 1.66 bits per heavy atom. The first kappa shape index (κ1) is 21.9. The van der Waals surface area contributed by atoms with Crippen molar-refractivity contribution in [2.75, 3.05) is 6.54 Å². The van der Waals surface area contributed by atoms with Crippen LogP contribution in [0.1, 0.15) is 33.5 Å². The quantitative estimate of drug-likeness (QED) is 0.423. The lowest BCUT2D eigenvalue weighted by Crippen LogP contribution is -2.36. The fourth-order valence-corrected chi connectivity index (χ4v) is 4.98. The molecule has 0 radical (unpaired) electrons. The average molecular weight is 478 g/mol. The standard InChI is InChI=1S/C25H25F2N7O/c1-14-9-17(10-15(2)22(14)26)34-24(19-12-28-6-5-20(19)31-34)33-8-7-32(25(33)35)21-4-3-16-11-29-30-13-18(16)23(21)27/h3-4,7-10,28-30H,5-6,11-13H2,1-2H3. The van der Waals surface area contributed by atoms with Crippen LogP contribution < -0.4 is 21.9 Å². The van der Waals surface area contributed by atoms with Crippen LogP contribution in [0.3, 0.4) is 0 Å². The van der Waals surface area contributed by atoms with Crippen molar-refractivity contribution in [2.24, 2.45) is 0 Å². The van der Waals surface area contributed by atoms with Crippen molar-refractivity contribution >= 4 is 0 Å². The van der Waals surface area contributed by atoms with E-state index in [1.807, 2.05) is 6.07 Å². The maximum atomic E-state index is 15.4. The molecule has 35 heavy (non-hydrogen) atoms. The predicted octanol–water partition coefficient (Wildman–Crippen LogP) is 2.46. The number of aromatic nitrogens is 4. The van der Waals surface area contributed by atoms with Crippen LogP contribution >= 0.6 is 0 Å². The van der Waals surface area contributed by atoms with Gasteiger partial charge in [-0.05, 0) is 48.7 Å². The van der Waals surface area contributed by atoms with Gasteiger partial charge in [0.15, 0.2) is 5.82 Å². The summed E-state index contributed by atoms with van der Waals surface area (Å²) < 4.78 is 34.3. The number of hydrogen-bond acceptors (Lipinski definition) is 5. The first-order chi connectivity index (χ1) is 16.9. The number of fused-ring (bicyclic) bond motifs is 2. The lowest BCUT2D eigenvalue weighted by Gasteiger charge is -2.20. The Morgan fingerprint density at radius 1 is 0.914 bits per heavy atom. The number of aryl methyl sites for hydroxylation is 2. The molecule has 0 saturated heterocycles. The molecule has 0 bridgehead atoms. The number of nitrogens with zero attached hydrogens (tertiary/aromatic N) is 4. The van der Waals surface area contributed by atoms with Gasteiger partial charge in [-0.2, -0.15) is 5.10 Å². The molecule has 2 aromatic heterocycles. The zero-order valence-corrected chi connectivity index (χ0v) is 19.5. The first-order valence-corrected chi connectivity index (χ1v) is 11.6. The van der Waals surface area contributed by atoms with Crippen LogP contribution in [0.15, 0.2) is 41.5 Å². The van der Waals surface area contributed by atoms with Gasteiger partial charge in [-0.25, -0.2) is 18.3 Å². The molecule has 0 unspecified atom stereocenters. The molecular weight excluding hydrogens is 452 g/mol. The van der Waals surface area contributed by atoms with E-state index in [-0.39, 0.29) is 11.5 Å². The molecule has 8 nitrogen and oxygen atoms in total. The first-order valence-electron chi connectivity index (χ1n) is 11.6. The third kappa shape index (κ3) is 3.44. The topological polar surface area (TPSA) is 80.8 Å². The van der Waals surface area contributed by atoms with Gasteiger partial charge >= 0.3 is 5.69 Å². The van der Waals surface area contributed by atoms with Crippen LogP contribution in [-0.2, 0) is 26.1 Å². The molecule has 2 aliphatic rings. The summed E-state index contributed by atoms with van der Waals surface area (Å²) in [5.74, 6) is -0.103. The summed E-state index contributed by atoms with van der Waals surface area (Å²) in [5, 5.41) is 8.14. The third-order valence-electron chi connectivity index (χ3n) is 6.80. The molecule has 0 amide bonds. The van der Waals surface area contributed by atoms with E-state index in [2.05, 4.69) is 16.2 Å². The molecule has 0 atom stereocenters. The van der Waals surface area contributed by atoms with Crippen molar-refractivity contribution in [1.82, 2.24) is 35.1 Å². The number of hydrazine groups is 1. The van der Waals surface area contributed by atoms with E-state index in [0.717, 1.165) is 23.4 Å². The summed E-state index contributed by atoms with van der Waals surface area (Å²) in [6, 6.07) is 6.92. The number of nitrogens with one attached hydrogen (secondary N) is 3. The van der Waals surface area contributed by atoms with Gasteiger partial charge in [0.1, 0.15) is 11.6 Å². The van der Waals surface area contributed by atoms with Crippen molar-refractivity contribution in [3.63, 3.8) is 0 Å². The van der Waals surface area contributed by atoms with Crippen molar-refractivity contribution in [1.29, 1.82) is 0 Å². The summed E-state index contributed by atoms with van der Waals surface area (Å²) in [6.45, 7) is 5.60. The molecule has 6 rings (SSSR count). The second-order valence-electron chi connectivity index (χ2n) is 9.05. The number of benzene rings is 2. The van der Waals surface area contributed by atoms with E-state index in [1.54, 1.807) is 49.1 Å². The highest BCUT2D eigenvalue weighted by Gasteiger charge is 2.26. The molecule has 2 aliphatic heterocycles. The molecule has 4 heterocycles. The Labute approximate surface area is 200 Å². The SMILES string of the molecule is Cc1cc(-n2nc3c(c2-n2ccn(-c4ccc5c(c4F)CNNC5)c2=O)CNCC3)cc(C)c1F. The van der Waals surface area contributed by atoms with E-state index in [4.69, 9.17) is 5.10 Å². The zero-order chi connectivity index (χ0) is 24.3. The summed E-state index contributed by atoms with van der Waals surface area (Å²) >= 11 is 0. The van der Waals surface area contributed by atoms with Crippen LogP contribution in [0.4, 0.5) is 8.78 Å². The minimum atomic E-state index is -0.418. The molecule has 2 aromatic carbocycles. The van der Waals surface area contributed by atoms with Crippen LogP contribution in [-0.4, -0.2) is 25.5 Å². The minimum Gasteiger partial charge on any atom is -0.312 e. The number of rotatable bonds is 3. The van der Waals surface area contributed by atoms with E-state index >= 15 is 4.39 Å². The fraction of sp³-hybridized carbons (Fsp3) is 0.280. The van der Waals surface area contributed by atoms with Crippen LogP contribution in [0.2, 0.25) is 0 Å². The van der Waals surface area contributed by atoms with Gasteiger partial charge in [-0.1, -0.05) is 6.07 Å². The van der Waals surface area contributed by atoms with Crippen molar-refractivity contribution in [3.8, 4) is 17.2 Å². The van der Waals surface area contributed by atoms with E-state index in [0.29, 0.717) is 54.3 Å². The average Bonchev–Trinajstić information content (AvgIpc) is 3.43. The van der Waals surface area contributed by atoms with Crippen LogP contribution in [0.5, 0.6) is 0 Å². The van der Waals surface area contributed by atoms with Gasteiger partial charge in [0.05, 0.1) is 17.1 Å². The van der Waals surface area contributed by atoms with Crippen LogP contribution in [0.25, 0.3) is 17.2 Å². The molecule has 10 heteroatoms. The summed E-state index contributed by atoms with van der Waals surface area (Å²) in [4.78, 5) is 13.7. The van der Waals surface area contributed by atoms with E-state index in [9.17, 15) is 9.18 Å². The Morgan fingerprint density at radius 3 is 2.46 bits per heavy atom. The van der Waals surface area contributed by atoms with Gasteiger partial charge < -0.3 is 5.32 Å². The lowest BCUT2D eigenvalue weighted by molar-refractivity contribution is 0.472. The smallest absolute Gasteiger partial charge is 0.312 e. The Balaban J connectivity index is 1.54. The van der Waals surface area contributed by atoms with Gasteiger partial charge in [0.2, 0.25) is 0 Å². The molecule has 0 fully saturated rings. The highest BCUT2D eigenvalue weighted by atomic mass is 19.1. The minimum absolute atomic E-state index is 0.197. The monoisotopic (exact) mass is 477 g/mol. The van der Waals surface area contributed by atoms with Crippen molar-refractivity contribution in [3.05, 3.63) is 92.3 Å². The maximum Gasteiger partial charge on any atom is 0.338 e. The van der Waals surface area contributed by atoms with E-state index < -0.39 is 11.5 Å². The predicted molar refractivity (Wildman–Crippen MR) is 127 cm³/mol. The summed E-state index contributed by atoms with van der Waals surface area (Å²) in [7, 11) is 0. The normalized spacial score (nSPS) is 15.2. The number of hydrogen-bond donors (Lipinski definition) is 3. The lowest BCUT2D eigenvalue weighted by atomic mass is 10.0. The summed E-state index contributed by atoms with van der Waals surface area (Å²) in [5.41, 5.74) is 10.6. The number of halogens is 2. The van der Waals surface area contributed by atoms with Gasteiger partial charge in [-0.15, -0.1) is 0 Å².